The van der Waals surface area contributed by atoms with E-state index in [2.05, 4.69) is 45.4 Å². The number of rotatable bonds is 3. The Morgan fingerprint density at radius 3 is 2.83 bits per heavy atom. The molecule has 1 fully saturated rings. The average Bonchev–Trinajstić information content (AvgIpc) is 3.09. The first-order chi connectivity index (χ1) is 8.88. The predicted octanol–water partition coefficient (Wildman–Crippen LogP) is 3.02. The molecule has 0 unspecified atom stereocenters. The van der Waals surface area contributed by atoms with Crippen molar-refractivity contribution >= 4 is 11.8 Å². The lowest BCUT2D eigenvalue weighted by molar-refractivity contribution is 0.615. The van der Waals surface area contributed by atoms with Crippen LogP contribution < -0.4 is 5.32 Å². The molecular formula is C14H17N3S. The zero-order valence-electron chi connectivity index (χ0n) is 10.5. The van der Waals surface area contributed by atoms with E-state index in [1.54, 1.807) is 11.8 Å². The van der Waals surface area contributed by atoms with E-state index in [1.807, 2.05) is 12.5 Å². The van der Waals surface area contributed by atoms with Crippen LogP contribution in [0.15, 0.2) is 41.7 Å². The van der Waals surface area contributed by atoms with Gasteiger partial charge in [0.15, 0.2) is 0 Å². The number of hydrogen-bond donors (Lipinski definition) is 1. The van der Waals surface area contributed by atoms with Crippen LogP contribution in [-0.4, -0.2) is 22.4 Å². The first-order valence-corrected chi connectivity index (χ1v) is 7.51. The summed E-state index contributed by atoms with van der Waals surface area (Å²) in [4.78, 5) is 5.59. The van der Waals surface area contributed by atoms with Crippen molar-refractivity contribution in [3.63, 3.8) is 0 Å². The monoisotopic (exact) mass is 259 g/mol. The SMILES string of the molecule is CSc1ccc(-n2cncc2[C@@H]2CCCN2)cc1. The summed E-state index contributed by atoms with van der Waals surface area (Å²) in [6, 6.07) is 9.09. The third-order valence-electron chi connectivity index (χ3n) is 3.44. The van der Waals surface area contributed by atoms with Gasteiger partial charge in [0.1, 0.15) is 0 Å². The topological polar surface area (TPSA) is 29.9 Å². The second-order valence-electron chi connectivity index (χ2n) is 4.54. The molecule has 1 atom stereocenters. The summed E-state index contributed by atoms with van der Waals surface area (Å²) < 4.78 is 2.19. The molecule has 1 aliphatic rings. The van der Waals surface area contributed by atoms with Crippen LogP contribution in [0.1, 0.15) is 24.6 Å². The van der Waals surface area contributed by atoms with Crippen molar-refractivity contribution in [1.82, 2.24) is 14.9 Å². The first-order valence-electron chi connectivity index (χ1n) is 6.28. The number of benzene rings is 1. The molecule has 0 spiro atoms. The van der Waals surface area contributed by atoms with Crippen LogP contribution in [0.3, 0.4) is 0 Å². The molecule has 2 heterocycles. The van der Waals surface area contributed by atoms with Gasteiger partial charge in [-0.1, -0.05) is 0 Å². The molecule has 0 bridgehead atoms. The molecule has 94 valence electrons. The molecule has 1 aromatic carbocycles. The Morgan fingerprint density at radius 2 is 2.17 bits per heavy atom. The minimum absolute atomic E-state index is 0.452. The summed E-state index contributed by atoms with van der Waals surface area (Å²) in [6.45, 7) is 1.11. The lowest BCUT2D eigenvalue weighted by Crippen LogP contribution is -2.16. The van der Waals surface area contributed by atoms with E-state index < -0.39 is 0 Å². The van der Waals surface area contributed by atoms with Gasteiger partial charge in [-0.15, -0.1) is 11.8 Å². The van der Waals surface area contributed by atoms with E-state index in [0.717, 1.165) is 6.54 Å². The van der Waals surface area contributed by atoms with Crippen molar-refractivity contribution < 1.29 is 0 Å². The molecule has 0 amide bonds. The van der Waals surface area contributed by atoms with Gasteiger partial charge in [-0.2, -0.15) is 0 Å². The van der Waals surface area contributed by atoms with Crippen molar-refractivity contribution in [3.05, 3.63) is 42.5 Å². The zero-order valence-corrected chi connectivity index (χ0v) is 11.3. The van der Waals surface area contributed by atoms with Crippen molar-refractivity contribution in [2.45, 2.75) is 23.8 Å². The third-order valence-corrected chi connectivity index (χ3v) is 4.18. The van der Waals surface area contributed by atoms with Crippen LogP contribution in [0, 0.1) is 0 Å². The van der Waals surface area contributed by atoms with Gasteiger partial charge in [-0.3, -0.25) is 0 Å². The molecular weight excluding hydrogens is 242 g/mol. The van der Waals surface area contributed by atoms with Crippen molar-refractivity contribution in [2.75, 3.05) is 12.8 Å². The molecule has 3 nitrogen and oxygen atoms in total. The smallest absolute Gasteiger partial charge is 0.0994 e. The normalized spacial score (nSPS) is 19.3. The fourth-order valence-electron chi connectivity index (χ4n) is 2.46. The van der Waals surface area contributed by atoms with Crippen LogP contribution in [0.25, 0.3) is 5.69 Å². The molecule has 2 aromatic rings. The highest BCUT2D eigenvalue weighted by Gasteiger charge is 2.20. The van der Waals surface area contributed by atoms with Gasteiger partial charge in [0.2, 0.25) is 0 Å². The summed E-state index contributed by atoms with van der Waals surface area (Å²) in [6.07, 6.45) is 8.44. The Bertz CT molecular complexity index is 512. The molecule has 4 heteroatoms. The molecule has 3 rings (SSSR count). The predicted molar refractivity (Wildman–Crippen MR) is 75.3 cm³/mol. The summed E-state index contributed by atoms with van der Waals surface area (Å²) in [5, 5.41) is 3.53. The van der Waals surface area contributed by atoms with Crippen LogP contribution in [0.5, 0.6) is 0 Å². The third kappa shape index (κ3) is 2.18. The lowest BCUT2D eigenvalue weighted by Gasteiger charge is -2.14. The van der Waals surface area contributed by atoms with Crippen LogP contribution in [0.2, 0.25) is 0 Å². The minimum Gasteiger partial charge on any atom is -0.309 e. The number of hydrogen-bond acceptors (Lipinski definition) is 3. The highest BCUT2D eigenvalue weighted by atomic mass is 32.2. The van der Waals surface area contributed by atoms with Crippen molar-refractivity contribution in [3.8, 4) is 5.69 Å². The highest BCUT2D eigenvalue weighted by molar-refractivity contribution is 7.98. The van der Waals surface area contributed by atoms with Crippen molar-refractivity contribution in [2.24, 2.45) is 0 Å². The molecule has 0 radical (unpaired) electrons. The van der Waals surface area contributed by atoms with E-state index in [-0.39, 0.29) is 0 Å². The molecule has 1 saturated heterocycles. The Morgan fingerprint density at radius 1 is 1.33 bits per heavy atom. The van der Waals surface area contributed by atoms with E-state index >= 15 is 0 Å². The number of thioether (sulfide) groups is 1. The van der Waals surface area contributed by atoms with E-state index in [1.165, 1.54) is 29.1 Å². The maximum absolute atomic E-state index is 4.30. The Labute approximate surface area is 112 Å². The van der Waals surface area contributed by atoms with E-state index in [4.69, 9.17) is 0 Å². The molecule has 0 aliphatic carbocycles. The number of imidazole rings is 1. The van der Waals surface area contributed by atoms with Gasteiger partial charge >= 0.3 is 0 Å². The summed E-state index contributed by atoms with van der Waals surface area (Å²) >= 11 is 1.77. The summed E-state index contributed by atoms with van der Waals surface area (Å²) in [7, 11) is 0. The Kier molecular flexibility index (Phi) is 3.39. The highest BCUT2D eigenvalue weighted by Crippen LogP contribution is 2.25. The average molecular weight is 259 g/mol. The molecule has 18 heavy (non-hydrogen) atoms. The number of aromatic nitrogens is 2. The van der Waals surface area contributed by atoms with Gasteiger partial charge in [0.25, 0.3) is 0 Å². The number of nitrogens with one attached hydrogen (secondary N) is 1. The second-order valence-corrected chi connectivity index (χ2v) is 5.42. The van der Waals surface area contributed by atoms with E-state index in [0.29, 0.717) is 6.04 Å². The number of nitrogens with zero attached hydrogens (tertiary/aromatic N) is 2. The quantitative estimate of drug-likeness (QED) is 0.859. The van der Waals surface area contributed by atoms with Crippen LogP contribution in [0.4, 0.5) is 0 Å². The standard InChI is InChI=1S/C14H17N3S/c1-18-12-6-4-11(5-7-12)17-10-15-9-14(17)13-3-2-8-16-13/h4-7,9-10,13,16H,2-3,8H2,1H3/t13-/m0/s1. The molecule has 1 aromatic heterocycles. The fraction of sp³-hybridized carbons (Fsp3) is 0.357. The first kappa shape index (κ1) is 11.8. The summed E-state index contributed by atoms with van der Waals surface area (Å²) in [5.74, 6) is 0. The maximum atomic E-state index is 4.30. The van der Waals surface area contributed by atoms with Gasteiger partial charge in [-0.05, 0) is 49.9 Å². The lowest BCUT2D eigenvalue weighted by atomic mass is 10.1. The molecule has 1 aliphatic heterocycles. The van der Waals surface area contributed by atoms with Gasteiger partial charge < -0.3 is 9.88 Å². The molecule has 0 saturated carbocycles. The Balaban J connectivity index is 1.93. The van der Waals surface area contributed by atoms with Gasteiger partial charge in [0.05, 0.1) is 18.2 Å². The largest absolute Gasteiger partial charge is 0.309 e. The van der Waals surface area contributed by atoms with Gasteiger partial charge in [-0.25, -0.2) is 4.98 Å². The van der Waals surface area contributed by atoms with Gasteiger partial charge in [0, 0.05) is 16.6 Å². The Hall–Kier alpha value is -1.26. The minimum atomic E-state index is 0.452. The van der Waals surface area contributed by atoms with Crippen LogP contribution in [-0.2, 0) is 0 Å². The van der Waals surface area contributed by atoms with Crippen molar-refractivity contribution in [1.29, 1.82) is 0 Å². The summed E-state index contributed by atoms with van der Waals surface area (Å²) in [5.41, 5.74) is 2.46. The maximum Gasteiger partial charge on any atom is 0.0994 e. The van der Waals surface area contributed by atoms with E-state index in [9.17, 15) is 0 Å². The second kappa shape index (κ2) is 5.16. The molecule has 1 N–H and O–H groups in total. The fourth-order valence-corrected chi connectivity index (χ4v) is 2.87. The van der Waals surface area contributed by atoms with Crippen LogP contribution >= 0.6 is 11.8 Å². The zero-order chi connectivity index (χ0) is 12.4.